The highest BCUT2D eigenvalue weighted by molar-refractivity contribution is 8.00. The van der Waals surface area contributed by atoms with Crippen LogP contribution < -0.4 is 5.73 Å². The number of likely N-dealkylation sites (tertiary alicyclic amines) is 1. The standard InChI is InChI=1S/C32H34N6O12S2/c1-32(2,30(47)48)50-35-23(19-14-52-31(33)34-19)22(41)11-18-25(42)36-24(29(45)46)15(13-51-28(18)36)12-38(5-3-4-6-38)7-8-49-37-26(43)16-9-20(39)21(40)10-17(16)27(37)44/h9-10,14,18,28H,3-8,11-13H2,1-2H3,(H5-,33,34,35,39,40,41,43,44,45,46,47,48)/p+1/t18-,28-/m1/s1. The maximum absolute atomic E-state index is 13.5. The van der Waals surface area contributed by atoms with Gasteiger partial charge < -0.3 is 35.5 Å². The predicted octanol–water partition coefficient (Wildman–Crippen LogP) is 1.39. The molecule has 3 amide bonds. The van der Waals surface area contributed by atoms with E-state index < -0.39 is 63.8 Å². The minimum Gasteiger partial charge on any atom is -0.504 e. The minimum atomic E-state index is -1.78. The van der Waals surface area contributed by atoms with Gasteiger partial charge in [0.15, 0.2) is 28.1 Å². The Labute approximate surface area is 303 Å². The van der Waals surface area contributed by atoms with Crippen molar-refractivity contribution in [1.82, 2.24) is 14.9 Å². The van der Waals surface area contributed by atoms with E-state index in [1.807, 2.05) is 0 Å². The highest BCUT2D eigenvalue weighted by atomic mass is 32.2. The number of β-lactam (4-membered cyclic amide) rings is 1. The lowest BCUT2D eigenvalue weighted by atomic mass is 9.89. The number of anilines is 1. The van der Waals surface area contributed by atoms with Gasteiger partial charge in [-0.25, -0.2) is 14.6 Å². The van der Waals surface area contributed by atoms with Gasteiger partial charge in [0.2, 0.25) is 11.5 Å². The number of carbonyl (C=O) groups is 6. The molecule has 0 spiro atoms. The number of aromatic nitrogens is 1. The fourth-order valence-corrected chi connectivity index (χ4v) is 8.58. The number of oxime groups is 1. The number of carboxylic acid groups (broad SMARTS) is 2. The largest absolute Gasteiger partial charge is 0.504 e. The summed E-state index contributed by atoms with van der Waals surface area (Å²) in [6.45, 7) is 4.30. The van der Waals surface area contributed by atoms with Crippen LogP contribution in [-0.4, -0.2) is 131 Å². The molecule has 2 aromatic rings. The first-order valence-corrected chi connectivity index (χ1v) is 18.0. The predicted molar refractivity (Wildman–Crippen MR) is 182 cm³/mol. The Morgan fingerprint density at radius 1 is 1.08 bits per heavy atom. The number of imide groups is 1. The Morgan fingerprint density at radius 3 is 2.27 bits per heavy atom. The SMILES string of the molecule is CC(C)(O/N=C(\C(=O)C[C@@H]1C(=O)N2C(C(=O)O)=C(C[N+]3(CCON4C(=O)c5cc(O)c(O)cc5C4=O)CCCC3)CS[C@H]12)c1csc(N)n1)C(=O)O. The molecule has 2 fully saturated rings. The number of Topliss-reactive ketones (excluding diaryl/α,β-unsaturated/α-hetero) is 1. The maximum atomic E-state index is 13.5. The number of nitrogen functional groups attached to an aromatic ring is 1. The second kappa shape index (κ2) is 13.8. The molecule has 2 atom stereocenters. The van der Waals surface area contributed by atoms with Crippen molar-refractivity contribution in [2.24, 2.45) is 11.1 Å². The molecule has 1 aromatic carbocycles. The normalized spacial score (nSPS) is 21.3. The van der Waals surface area contributed by atoms with Crippen LogP contribution in [-0.2, 0) is 28.9 Å². The zero-order valence-electron chi connectivity index (χ0n) is 27.9. The summed E-state index contributed by atoms with van der Waals surface area (Å²) in [4.78, 5) is 93.0. The van der Waals surface area contributed by atoms with Crippen LogP contribution in [0.4, 0.5) is 5.13 Å². The molecule has 52 heavy (non-hydrogen) atoms. The van der Waals surface area contributed by atoms with E-state index in [1.54, 1.807) is 0 Å². The molecule has 2 saturated heterocycles. The first kappa shape index (κ1) is 36.7. The summed E-state index contributed by atoms with van der Waals surface area (Å²) in [5.74, 6) is -7.17. The van der Waals surface area contributed by atoms with Crippen LogP contribution in [0.5, 0.6) is 11.5 Å². The van der Waals surface area contributed by atoms with Gasteiger partial charge in [-0.1, -0.05) is 5.16 Å². The maximum Gasteiger partial charge on any atom is 0.352 e. The Hall–Kier alpha value is -5.05. The van der Waals surface area contributed by atoms with Crippen molar-refractivity contribution in [3.05, 3.63) is 45.6 Å². The summed E-state index contributed by atoms with van der Waals surface area (Å²) in [5, 5.41) is 44.6. The summed E-state index contributed by atoms with van der Waals surface area (Å²) in [7, 11) is 0. The second-order valence-electron chi connectivity index (χ2n) is 13.3. The lowest BCUT2D eigenvalue weighted by Crippen LogP contribution is -2.63. The number of carbonyl (C=O) groups excluding carboxylic acids is 4. The van der Waals surface area contributed by atoms with E-state index in [-0.39, 0.29) is 58.7 Å². The third-order valence-corrected chi connectivity index (χ3v) is 11.5. The highest BCUT2D eigenvalue weighted by Crippen LogP contribution is 2.46. The van der Waals surface area contributed by atoms with Crippen molar-refractivity contribution >= 4 is 69.4 Å². The molecule has 20 heteroatoms. The quantitative estimate of drug-likeness (QED) is 0.0455. The van der Waals surface area contributed by atoms with Crippen LogP contribution >= 0.6 is 23.1 Å². The van der Waals surface area contributed by atoms with Gasteiger partial charge in [-0.2, -0.15) is 0 Å². The zero-order valence-corrected chi connectivity index (χ0v) is 29.6. The fraction of sp³-hybridized carbons (Fsp3) is 0.438. The number of rotatable bonds is 14. The number of fused-ring (bicyclic) bond motifs is 2. The molecule has 4 aliphatic rings. The van der Waals surface area contributed by atoms with Crippen LogP contribution in [0, 0.1) is 5.92 Å². The molecule has 5 heterocycles. The van der Waals surface area contributed by atoms with E-state index in [0.717, 1.165) is 36.3 Å². The number of benzene rings is 1. The number of phenols is 2. The van der Waals surface area contributed by atoms with Crippen molar-refractivity contribution in [3.63, 3.8) is 0 Å². The number of thiazole rings is 1. The van der Waals surface area contributed by atoms with Crippen molar-refractivity contribution in [1.29, 1.82) is 0 Å². The van der Waals surface area contributed by atoms with Gasteiger partial charge in [0, 0.05) is 36.0 Å². The summed E-state index contributed by atoms with van der Waals surface area (Å²) < 4.78 is 0.384. The average molecular weight is 760 g/mol. The number of ketones is 1. The van der Waals surface area contributed by atoms with Gasteiger partial charge in [-0.05, 0) is 26.0 Å². The van der Waals surface area contributed by atoms with E-state index >= 15 is 0 Å². The number of nitrogens with two attached hydrogens (primary N) is 1. The van der Waals surface area contributed by atoms with Gasteiger partial charge in [0.25, 0.3) is 11.8 Å². The van der Waals surface area contributed by atoms with Crippen LogP contribution in [0.15, 0.2) is 33.9 Å². The smallest absolute Gasteiger partial charge is 0.352 e. The van der Waals surface area contributed by atoms with Gasteiger partial charge >= 0.3 is 11.9 Å². The summed E-state index contributed by atoms with van der Waals surface area (Å²) in [6, 6.07) is 1.99. The molecule has 276 valence electrons. The molecule has 0 bridgehead atoms. The van der Waals surface area contributed by atoms with E-state index in [9.17, 15) is 49.2 Å². The lowest BCUT2D eigenvalue weighted by molar-refractivity contribution is -0.913. The van der Waals surface area contributed by atoms with Gasteiger partial charge in [0.05, 0.1) is 35.5 Å². The number of quaternary nitrogens is 1. The number of aliphatic carboxylic acids is 2. The number of amides is 3. The third-order valence-electron chi connectivity index (χ3n) is 9.45. The van der Waals surface area contributed by atoms with Crippen LogP contribution in [0.25, 0.3) is 0 Å². The minimum absolute atomic E-state index is 0.0484. The summed E-state index contributed by atoms with van der Waals surface area (Å²) in [6.07, 6.45) is 1.31. The average Bonchev–Trinajstić information content (AvgIpc) is 3.79. The van der Waals surface area contributed by atoms with Crippen molar-refractivity contribution in [2.45, 2.75) is 44.1 Å². The second-order valence-corrected chi connectivity index (χ2v) is 15.3. The number of carboxylic acids is 2. The first-order valence-electron chi connectivity index (χ1n) is 16.1. The molecular formula is C32H35N6O12S2+. The van der Waals surface area contributed by atoms with Crippen LogP contribution in [0.3, 0.4) is 0 Å². The molecule has 6 rings (SSSR count). The Morgan fingerprint density at radius 2 is 1.71 bits per heavy atom. The molecule has 4 aliphatic heterocycles. The highest BCUT2D eigenvalue weighted by Gasteiger charge is 2.55. The zero-order chi connectivity index (χ0) is 37.7. The Kier molecular flexibility index (Phi) is 9.77. The van der Waals surface area contributed by atoms with Gasteiger partial charge in [-0.15, -0.1) is 28.2 Å². The number of hydroxylamine groups is 2. The number of phenolic OH excluding ortho intramolecular Hbond substituents is 2. The van der Waals surface area contributed by atoms with Gasteiger partial charge in [0.1, 0.15) is 31.1 Å². The van der Waals surface area contributed by atoms with E-state index in [1.165, 1.54) is 35.9 Å². The molecule has 0 radical (unpaired) electrons. The van der Waals surface area contributed by atoms with Crippen LogP contribution in [0.2, 0.25) is 0 Å². The van der Waals surface area contributed by atoms with E-state index in [4.69, 9.17) is 15.4 Å². The Balaban J connectivity index is 1.15. The molecule has 0 aliphatic carbocycles. The number of hydrogen-bond donors (Lipinski definition) is 5. The van der Waals surface area contributed by atoms with Crippen LogP contribution in [0.1, 0.15) is 59.5 Å². The van der Waals surface area contributed by atoms with Crippen molar-refractivity contribution in [3.8, 4) is 11.5 Å². The monoisotopic (exact) mass is 759 g/mol. The molecule has 0 unspecified atom stereocenters. The summed E-state index contributed by atoms with van der Waals surface area (Å²) in [5.41, 5.74) is 3.84. The van der Waals surface area contributed by atoms with Gasteiger partial charge in [-0.3, -0.25) is 28.9 Å². The molecule has 18 nitrogen and oxygen atoms in total. The molecular weight excluding hydrogens is 725 g/mol. The third kappa shape index (κ3) is 6.69. The Bertz CT molecular complexity index is 1910. The number of nitrogens with zero attached hydrogens (tertiary/aromatic N) is 5. The van der Waals surface area contributed by atoms with Crippen molar-refractivity contribution < 1.29 is 63.4 Å². The molecule has 1 aromatic heterocycles. The number of thioether (sulfide) groups is 1. The fourth-order valence-electron chi connectivity index (χ4n) is 6.63. The molecule has 0 saturated carbocycles. The molecule has 6 N–H and O–H groups in total. The number of hydrogen-bond acceptors (Lipinski definition) is 15. The lowest BCUT2D eigenvalue weighted by Gasteiger charge is -2.50. The van der Waals surface area contributed by atoms with E-state index in [0.29, 0.717) is 34.8 Å². The summed E-state index contributed by atoms with van der Waals surface area (Å²) >= 11 is 2.35. The van der Waals surface area contributed by atoms with Crippen molar-refractivity contribution in [2.75, 3.05) is 44.3 Å². The number of aromatic hydroxyl groups is 2. The topological polar surface area (TPSA) is 260 Å². The first-order chi connectivity index (χ1) is 24.5. The van der Waals surface area contributed by atoms with E-state index in [2.05, 4.69) is 10.1 Å².